The number of aromatic nitrogens is 1. The molecule has 0 bridgehead atoms. The van der Waals surface area contributed by atoms with Crippen molar-refractivity contribution in [2.45, 2.75) is 20.0 Å². The maximum Gasteiger partial charge on any atom is 0.255 e. The minimum absolute atomic E-state index is 0.0796. The summed E-state index contributed by atoms with van der Waals surface area (Å²) >= 11 is 0. The number of aryl methyl sites for hydroxylation is 1. The van der Waals surface area contributed by atoms with E-state index >= 15 is 0 Å². The first kappa shape index (κ1) is 11.9. The number of amides is 1. The first-order valence-electron chi connectivity index (χ1n) is 6.28. The van der Waals surface area contributed by atoms with Gasteiger partial charge >= 0.3 is 0 Å². The lowest BCUT2D eigenvalue weighted by Crippen LogP contribution is -2.13. The molecule has 0 aliphatic carbocycles. The Hall–Kier alpha value is -2.20. The number of nitrogens with zero attached hydrogens (tertiary/aromatic N) is 1. The molecular formula is C15H15N3O. The Morgan fingerprint density at radius 1 is 1.26 bits per heavy atom. The zero-order valence-corrected chi connectivity index (χ0v) is 10.7. The van der Waals surface area contributed by atoms with Crippen LogP contribution in [-0.4, -0.2) is 10.9 Å². The van der Waals surface area contributed by atoms with Gasteiger partial charge in [0.25, 0.3) is 5.91 Å². The molecule has 2 heterocycles. The molecule has 19 heavy (non-hydrogen) atoms. The summed E-state index contributed by atoms with van der Waals surface area (Å²) in [5.41, 5.74) is 4.94. The van der Waals surface area contributed by atoms with Gasteiger partial charge in [-0.05, 0) is 41.8 Å². The number of carbonyl (C=O) groups excluding carboxylic acids is 1. The summed E-state index contributed by atoms with van der Waals surface area (Å²) in [5.74, 6) is -0.0796. The predicted octanol–water partition coefficient (Wildman–Crippen LogP) is 2.25. The Balaban J connectivity index is 1.83. The van der Waals surface area contributed by atoms with E-state index in [4.69, 9.17) is 0 Å². The SMILES string of the molecule is Cc1cnccc1NC(=O)c1ccc2c(c1)CNC2. The zero-order valence-electron chi connectivity index (χ0n) is 10.7. The Labute approximate surface area is 111 Å². The lowest BCUT2D eigenvalue weighted by molar-refractivity contribution is 0.102. The number of benzene rings is 1. The molecule has 2 aromatic rings. The van der Waals surface area contributed by atoms with E-state index in [1.54, 1.807) is 12.4 Å². The van der Waals surface area contributed by atoms with Crippen molar-refractivity contribution in [1.29, 1.82) is 0 Å². The average Bonchev–Trinajstić information content (AvgIpc) is 2.88. The number of nitrogens with one attached hydrogen (secondary N) is 2. The maximum absolute atomic E-state index is 12.2. The summed E-state index contributed by atoms with van der Waals surface area (Å²) in [5, 5.41) is 6.19. The van der Waals surface area contributed by atoms with Crippen molar-refractivity contribution < 1.29 is 4.79 Å². The molecule has 3 rings (SSSR count). The van der Waals surface area contributed by atoms with Gasteiger partial charge in [0.2, 0.25) is 0 Å². The third-order valence-corrected chi connectivity index (χ3v) is 3.37. The van der Waals surface area contributed by atoms with Crippen molar-refractivity contribution in [3.8, 4) is 0 Å². The van der Waals surface area contributed by atoms with Crippen LogP contribution in [0.1, 0.15) is 27.0 Å². The minimum Gasteiger partial charge on any atom is -0.322 e. The van der Waals surface area contributed by atoms with Crippen molar-refractivity contribution in [1.82, 2.24) is 10.3 Å². The van der Waals surface area contributed by atoms with Crippen LogP contribution in [0.5, 0.6) is 0 Å². The van der Waals surface area contributed by atoms with Crippen LogP contribution in [0, 0.1) is 6.92 Å². The Morgan fingerprint density at radius 3 is 2.95 bits per heavy atom. The molecule has 1 aromatic carbocycles. The number of hydrogen-bond donors (Lipinski definition) is 2. The number of hydrogen-bond acceptors (Lipinski definition) is 3. The normalized spacial score (nSPS) is 13.1. The van der Waals surface area contributed by atoms with Crippen LogP contribution in [0.15, 0.2) is 36.7 Å². The fourth-order valence-electron chi connectivity index (χ4n) is 2.24. The molecule has 0 spiro atoms. The Morgan fingerprint density at radius 2 is 2.11 bits per heavy atom. The highest BCUT2D eigenvalue weighted by Crippen LogP contribution is 2.19. The van der Waals surface area contributed by atoms with Gasteiger partial charge in [-0.3, -0.25) is 9.78 Å². The standard InChI is InChI=1S/C15H15N3O/c1-10-7-16-5-4-14(10)18-15(19)11-2-3-12-8-17-9-13(12)6-11/h2-7,17H,8-9H2,1H3,(H,16,18,19). The number of pyridine rings is 1. The molecule has 1 aliphatic heterocycles. The van der Waals surface area contributed by atoms with Gasteiger partial charge in [-0.1, -0.05) is 6.07 Å². The largest absolute Gasteiger partial charge is 0.322 e. The van der Waals surface area contributed by atoms with E-state index in [1.165, 1.54) is 11.1 Å². The molecule has 0 unspecified atom stereocenters. The first-order chi connectivity index (χ1) is 9.24. The summed E-state index contributed by atoms with van der Waals surface area (Å²) < 4.78 is 0. The van der Waals surface area contributed by atoms with Crippen LogP contribution < -0.4 is 10.6 Å². The van der Waals surface area contributed by atoms with Crippen LogP contribution in [0.2, 0.25) is 0 Å². The summed E-state index contributed by atoms with van der Waals surface area (Å²) in [6.45, 7) is 3.65. The van der Waals surface area contributed by atoms with E-state index in [9.17, 15) is 4.79 Å². The van der Waals surface area contributed by atoms with Crippen LogP contribution in [0.3, 0.4) is 0 Å². The zero-order chi connectivity index (χ0) is 13.2. The molecule has 1 aliphatic rings. The van der Waals surface area contributed by atoms with Crippen LogP contribution in [0.4, 0.5) is 5.69 Å². The molecule has 0 fully saturated rings. The monoisotopic (exact) mass is 253 g/mol. The lowest BCUT2D eigenvalue weighted by atomic mass is 10.1. The Bertz CT molecular complexity index is 637. The number of fused-ring (bicyclic) bond motifs is 1. The highest BCUT2D eigenvalue weighted by molar-refractivity contribution is 6.04. The molecule has 0 radical (unpaired) electrons. The number of carbonyl (C=O) groups is 1. The van der Waals surface area contributed by atoms with E-state index in [-0.39, 0.29) is 5.91 Å². The van der Waals surface area contributed by atoms with Gasteiger partial charge in [0, 0.05) is 36.7 Å². The van der Waals surface area contributed by atoms with Crippen molar-refractivity contribution in [2.24, 2.45) is 0 Å². The highest BCUT2D eigenvalue weighted by atomic mass is 16.1. The van der Waals surface area contributed by atoms with Gasteiger partial charge in [0.1, 0.15) is 0 Å². The summed E-state index contributed by atoms with van der Waals surface area (Å²) in [4.78, 5) is 16.2. The van der Waals surface area contributed by atoms with Crippen molar-refractivity contribution in [3.05, 3.63) is 58.9 Å². The quantitative estimate of drug-likeness (QED) is 0.863. The van der Waals surface area contributed by atoms with E-state index in [1.807, 2.05) is 31.2 Å². The van der Waals surface area contributed by atoms with Crippen molar-refractivity contribution in [3.63, 3.8) is 0 Å². The number of rotatable bonds is 2. The highest BCUT2D eigenvalue weighted by Gasteiger charge is 2.13. The molecular weight excluding hydrogens is 238 g/mol. The lowest BCUT2D eigenvalue weighted by Gasteiger charge is -2.08. The minimum atomic E-state index is -0.0796. The predicted molar refractivity (Wildman–Crippen MR) is 73.9 cm³/mol. The van der Waals surface area contributed by atoms with Gasteiger partial charge in [-0.15, -0.1) is 0 Å². The van der Waals surface area contributed by atoms with E-state index < -0.39 is 0 Å². The Kier molecular flexibility index (Phi) is 3.01. The van der Waals surface area contributed by atoms with Gasteiger partial charge in [0.05, 0.1) is 0 Å². The summed E-state index contributed by atoms with van der Waals surface area (Å²) in [6, 6.07) is 7.66. The molecule has 96 valence electrons. The maximum atomic E-state index is 12.2. The van der Waals surface area contributed by atoms with Crippen LogP contribution in [-0.2, 0) is 13.1 Å². The van der Waals surface area contributed by atoms with Crippen LogP contribution >= 0.6 is 0 Å². The molecule has 0 saturated heterocycles. The third kappa shape index (κ3) is 2.35. The molecule has 4 heteroatoms. The fourth-order valence-corrected chi connectivity index (χ4v) is 2.24. The smallest absolute Gasteiger partial charge is 0.255 e. The average molecular weight is 253 g/mol. The number of anilines is 1. The second kappa shape index (κ2) is 4.82. The third-order valence-electron chi connectivity index (χ3n) is 3.37. The molecule has 1 aromatic heterocycles. The summed E-state index contributed by atoms with van der Waals surface area (Å²) in [7, 11) is 0. The first-order valence-corrected chi connectivity index (χ1v) is 6.28. The topological polar surface area (TPSA) is 54.0 Å². The second-order valence-electron chi connectivity index (χ2n) is 4.73. The van der Waals surface area contributed by atoms with Crippen molar-refractivity contribution >= 4 is 11.6 Å². The van der Waals surface area contributed by atoms with Crippen LogP contribution in [0.25, 0.3) is 0 Å². The van der Waals surface area contributed by atoms with E-state index in [0.717, 1.165) is 24.3 Å². The molecule has 0 atom stereocenters. The molecule has 4 nitrogen and oxygen atoms in total. The van der Waals surface area contributed by atoms with Crippen molar-refractivity contribution in [2.75, 3.05) is 5.32 Å². The van der Waals surface area contributed by atoms with Gasteiger partial charge in [-0.2, -0.15) is 0 Å². The van der Waals surface area contributed by atoms with E-state index in [0.29, 0.717) is 5.56 Å². The van der Waals surface area contributed by atoms with E-state index in [2.05, 4.69) is 15.6 Å². The van der Waals surface area contributed by atoms with Gasteiger partial charge in [-0.25, -0.2) is 0 Å². The molecule has 0 saturated carbocycles. The fraction of sp³-hybridized carbons (Fsp3) is 0.200. The molecule has 1 amide bonds. The van der Waals surface area contributed by atoms with Gasteiger partial charge in [0.15, 0.2) is 0 Å². The van der Waals surface area contributed by atoms with Gasteiger partial charge < -0.3 is 10.6 Å². The molecule has 2 N–H and O–H groups in total. The summed E-state index contributed by atoms with van der Waals surface area (Å²) in [6.07, 6.45) is 3.41. The second-order valence-corrected chi connectivity index (χ2v) is 4.73.